The summed E-state index contributed by atoms with van der Waals surface area (Å²) in [6.07, 6.45) is 3.82. The number of aryl methyl sites for hydroxylation is 5. The highest BCUT2D eigenvalue weighted by Crippen LogP contribution is 2.61. The fourth-order valence-corrected chi connectivity index (χ4v) is 7.83. The Kier molecular flexibility index (Phi) is 8.21. The SMILES string of the molecule is COC12C=C(c3ccc(C)cc3)C(=O)C(C(c3ccc(C)cc3)c3ccc(C)cc3)(C=C1C(c1ccc(C)cc1)c1ccc(C)cc1)C2=O. The molecule has 0 N–H and O–H groups in total. The van der Waals surface area contributed by atoms with Crippen LogP contribution in [0, 0.1) is 40.0 Å². The molecule has 5 aromatic carbocycles. The molecule has 2 atom stereocenters. The Labute approximate surface area is 290 Å². The number of hydrogen-bond acceptors (Lipinski definition) is 3. The molecule has 0 saturated carbocycles. The van der Waals surface area contributed by atoms with Crippen molar-refractivity contribution < 1.29 is 14.3 Å². The van der Waals surface area contributed by atoms with Crippen molar-refractivity contribution in [2.24, 2.45) is 5.41 Å². The van der Waals surface area contributed by atoms with Crippen molar-refractivity contribution in [2.75, 3.05) is 7.11 Å². The fourth-order valence-electron chi connectivity index (χ4n) is 7.83. The van der Waals surface area contributed by atoms with E-state index in [0.717, 1.165) is 61.2 Å². The van der Waals surface area contributed by atoms with E-state index in [0.29, 0.717) is 5.57 Å². The molecule has 7 rings (SSSR count). The minimum atomic E-state index is -1.57. The lowest BCUT2D eigenvalue weighted by Crippen LogP contribution is -2.54. The molecule has 3 nitrogen and oxygen atoms in total. The number of carbonyl (C=O) groups is 2. The topological polar surface area (TPSA) is 43.4 Å². The molecule has 3 heteroatoms. The van der Waals surface area contributed by atoms with E-state index >= 15 is 9.59 Å². The molecule has 0 aromatic heterocycles. The zero-order chi connectivity index (χ0) is 34.5. The molecule has 2 unspecified atom stereocenters. The zero-order valence-electron chi connectivity index (χ0n) is 29.1. The van der Waals surface area contributed by atoms with Gasteiger partial charge in [0.2, 0.25) is 0 Å². The highest BCUT2D eigenvalue weighted by molar-refractivity contribution is 6.37. The predicted molar refractivity (Wildman–Crippen MR) is 198 cm³/mol. The lowest BCUT2D eigenvalue weighted by molar-refractivity contribution is -0.145. The highest BCUT2D eigenvalue weighted by atomic mass is 16.5. The number of ether oxygens (including phenoxy) is 1. The van der Waals surface area contributed by atoms with Gasteiger partial charge in [-0.05, 0) is 74.1 Å². The van der Waals surface area contributed by atoms with E-state index in [1.165, 1.54) is 0 Å². The molecule has 0 radical (unpaired) electrons. The molecule has 2 aliphatic rings. The van der Waals surface area contributed by atoms with E-state index in [-0.39, 0.29) is 17.5 Å². The van der Waals surface area contributed by atoms with Gasteiger partial charge in [0.25, 0.3) is 0 Å². The summed E-state index contributed by atoms with van der Waals surface area (Å²) >= 11 is 0. The second-order valence-electron chi connectivity index (χ2n) is 14.0. The maximum absolute atomic E-state index is 15.7. The second-order valence-corrected chi connectivity index (χ2v) is 14.0. The van der Waals surface area contributed by atoms with Gasteiger partial charge in [-0.3, -0.25) is 9.59 Å². The summed E-state index contributed by atoms with van der Waals surface area (Å²) in [6.45, 7) is 10.3. The van der Waals surface area contributed by atoms with Crippen LogP contribution in [0.5, 0.6) is 0 Å². The van der Waals surface area contributed by atoms with Crippen LogP contribution in [0.2, 0.25) is 0 Å². The first kappa shape index (κ1) is 32.4. The maximum Gasteiger partial charge on any atom is 0.191 e. The average Bonchev–Trinajstić information content (AvgIpc) is 3.28. The summed E-state index contributed by atoms with van der Waals surface area (Å²) in [5.41, 5.74) is 8.49. The monoisotopic (exact) mass is 642 g/mol. The van der Waals surface area contributed by atoms with Crippen LogP contribution in [0.1, 0.15) is 67.5 Å². The van der Waals surface area contributed by atoms with Crippen molar-refractivity contribution in [1.29, 1.82) is 0 Å². The lowest BCUT2D eigenvalue weighted by atomic mass is 9.59. The molecule has 0 spiro atoms. The summed E-state index contributed by atoms with van der Waals surface area (Å²) < 4.78 is 6.53. The molecule has 0 saturated heterocycles. The Morgan fingerprint density at radius 2 is 0.857 bits per heavy atom. The van der Waals surface area contributed by atoms with Gasteiger partial charge in [0.15, 0.2) is 17.2 Å². The summed E-state index contributed by atoms with van der Waals surface area (Å²) in [5, 5.41) is 0. The maximum atomic E-state index is 15.7. The first-order valence-electron chi connectivity index (χ1n) is 17.0. The van der Waals surface area contributed by atoms with Gasteiger partial charge in [-0.15, -0.1) is 0 Å². The second kappa shape index (κ2) is 12.4. The zero-order valence-corrected chi connectivity index (χ0v) is 29.1. The van der Waals surface area contributed by atoms with Crippen molar-refractivity contribution in [3.05, 3.63) is 195 Å². The first-order chi connectivity index (χ1) is 23.6. The Balaban J connectivity index is 1.59. The van der Waals surface area contributed by atoms with Crippen LogP contribution in [-0.2, 0) is 14.3 Å². The third-order valence-electron chi connectivity index (χ3n) is 10.6. The van der Waals surface area contributed by atoms with Crippen LogP contribution in [0.4, 0.5) is 0 Å². The minimum Gasteiger partial charge on any atom is -0.362 e. The van der Waals surface area contributed by atoms with Gasteiger partial charge >= 0.3 is 0 Å². The van der Waals surface area contributed by atoms with Crippen LogP contribution < -0.4 is 0 Å². The highest BCUT2D eigenvalue weighted by Gasteiger charge is 2.68. The first-order valence-corrected chi connectivity index (χ1v) is 17.0. The van der Waals surface area contributed by atoms with Crippen LogP contribution in [0.25, 0.3) is 5.57 Å². The summed E-state index contributed by atoms with van der Waals surface area (Å²) in [4.78, 5) is 31.2. The van der Waals surface area contributed by atoms with E-state index in [9.17, 15) is 0 Å². The van der Waals surface area contributed by atoms with E-state index in [2.05, 4.69) is 125 Å². The number of fused-ring (bicyclic) bond motifs is 2. The summed E-state index contributed by atoms with van der Waals surface area (Å²) in [6, 6.07) is 41.5. The largest absolute Gasteiger partial charge is 0.362 e. The van der Waals surface area contributed by atoms with Crippen LogP contribution in [0.15, 0.2) is 139 Å². The van der Waals surface area contributed by atoms with Crippen molar-refractivity contribution in [3.63, 3.8) is 0 Å². The van der Waals surface area contributed by atoms with Crippen LogP contribution in [-0.4, -0.2) is 24.3 Å². The Bertz CT molecular complexity index is 2010. The molecule has 49 heavy (non-hydrogen) atoms. The molecule has 0 heterocycles. The van der Waals surface area contributed by atoms with Crippen molar-refractivity contribution in [1.82, 2.24) is 0 Å². The van der Waals surface area contributed by atoms with Crippen molar-refractivity contribution in [3.8, 4) is 0 Å². The molecule has 5 aromatic rings. The van der Waals surface area contributed by atoms with Gasteiger partial charge < -0.3 is 4.74 Å². The Morgan fingerprint density at radius 1 is 0.490 bits per heavy atom. The lowest BCUT2D eigenvalue weighted by Gasteiger charge is -2.41. The van der Waals surface area contributed by atoms with E-state index in [1.54, 1.807) is 7.11 Å². The molecular weight excluding hydrogens is 601 g/mol. The van der Waals surface area contributed by atoms with E-state index < -0.39 is 16.9 Å². The van der Waals surface area contributed by atoms with Crippen molar-refractivity contribution in [2.45, 2.75) is 52.1 Å². The minimum absolute atomic E-state index is 0.207. The van der Waals surface area contributed by atoms with Gasteiger partial charge in [0, 0.05) is 24.5 Å². The predicted octanol–water partition coefficient (Wildman–Crippen LogP) is 9.74. The molecule has 0 amide bonds. The molecular formula is C46H42O3. The average molecular weight is 643 g/mol. The number of allylic oxidation sites excluding steroid dienone is 2. The van der Waals surface area contributed by atoms with Gasteiger partial charge in [0.05, 0.1) is 0 Å². The normalized spacial score (nSPS) is 20.2. The molecule has 2 aliphatic carbocycles. The van der Waals surface area contributed by atoms with Crippen molar-refractivity contribution >= 4 is 17.1 Å². The number of carbonyl (C=O) groups excluding carboxylic acids is 2. The molecule has 0 aliphatic heterocycles. The van der Waals surface area contributed by atoms with Gasteiger partial charge in [-0.25, -0.2) is 0 Å². The molecule has 0 fully saturated rings. The van der Waals surface area contributed by atoms with E-state index in [4.69, 9.17) is 4.74 Å². The molecule has 244 valence electrons. The molecule has 2 bridgehead atoms. The Hall–Kier alpha value is -5.12. The van der Waals surface area contributed by atoms with Gasteiger partial charge in [-0.1, -0.05) is 155 Å². The third-order valence-corrected chi connectivity index (χ3v) is 10.6. The summed E-state index contributed by atoms with van der Waals surface area (Å²) in [5.74, 6) is -1.38. The van der Waals surface area contributed by atoms with Gasteiger partial charge in [-0.2, -0.15) is 0 Å². The third kappa shape index (κ3) is 5.34. The van der Waals surface area contributed by atoms with E-state index in [1.807, 2.05) is 43.3 Å². The Morgan fingerprint density at radius 3 is 1.24 bits per heavy atom. The van der Waals surface area contributed by atoms with Crippen LogP contribution in [0.3, 0.4) is 0 Å². The fraction of sp³-hybridized carbons (Fsp3) is 0.217. The number of rotatable bonds is 8. The van der Waals surface area contributed by atoms with Crippen LogP contribution >= 0.6 is 0 Å². The number of hydrogen-bond donors (Lipinski definition) is 0. The number of Topliss-reactive ketones (excluding diaryl/α,β-unsaturated/α-hetero) is 2. The smallest absolute Gasteiger partial charge is 0.191 e. The van der Waals surface area contributed by atoms with Gasteiger partial charge in [0.1, 0.15) is 5.41 Å². The quantitative estimate of drug-likeness (QED) is 0.125. The standard InChI is InChI=1S/C46H42O3/c1-29-7-17-34(18-8-29)39-27-46(49-6)40(41(35-19-9-30(2)10-20-35)36-21-11-31(3)12-22-36)28-45(43(39)47,44(46)48)42(37-23-13-32(4)14-24-37)38-25-15-33(5)16-26-38/h7-28,41-42H,1-6H3. The number of benzene rings is 5. The number of ketones is 2. The summed E-state index contributed by atoms with van der Waals surface area (Å²) in [7, 11) is 1.61. The number of methoxy groups -OCH3 is 1.